The van der Waals surface area contributed by atoms with Gasteiger partial charge in [0.1, 0.15) is 17.2 Å². The van der Waals surface area contributed by atoms with Crippen LogP contribution in [0.4, 0.5) is 29.1 Å². The van der Waals surface area contributed by atoms with Crippen LogP contribution in [0.15, 0.2) is 54.3 Å². The number of hydrogen-bond acceptors (Lipinski definition) is 6. The number of rotatable bonds is 4. The van der Waals surface area contributed by atoms with Crippen molar-refractivity contribution in [3.63, 3.8) is 0 Å². The zero-order chi connectivity index (χ0) is 22.2. The topological polar surface area (TPSA) is 96.3 Å². The number of benzene rings is 2. The van der Waals surface area contributed by atoms with E-state index in [2.05, 4.69) is 9.97 Å². The number of nitrogen functional groups attached to an aromatic ring is 2. The Balaban J connectivity index is 1.78. The van der Waals surface area contributed by atoms with Crippen molar-refractivity contribution in [1.29, 1.82) is 0 Å². The summed E-state index contributed by atoms with van der Waals surface area (Å²) in [7, 11) is 0. The third-order valence-electron chi connectivity index (χ3n) is 4.63. The molecule has 3 aromatic rings. The Morgan fingerprint density at radius 1 is 0.968 bits per heavy atom. The first kappa shape index (κ1) is 20.5. The molecule has 2 heterocycles. The first-order chi connectivity index (χ1) is 14.7. The molecule has 0 atom stereocenters. The number of allylic oxidation sites excluding steroid dienone is 1. The summed E-state index contributed by atoms with van der Waals surface area (Å²) >= 11 is 0. The molecular weight excluding hydrogens is 416 g/mol. The fraction of sp³-hybridized carbons (Fsp3) is 0.143. The molecule has 1 aromatic heterocycles. The third kappa shape index (κ3) is 4.09. The molecule has 0 unspecified atom stereocenters. The van der Waals surface area contributed by atoms with E-state index in [0.29, 0.717) is 18.2 Å². The van der Waals surface area contributed by atoms with Crippen LogP contribution in [-0.2, 0) is 22.1 Å². The van der Waals surface area contributed by atoms with Gasteiger partial charge in [-0.05, 0) is 23.8 Å². The maximum atomic E-state index is 14.5. The summed E-state index contributed by atoms with van der Waals surface area (Å²) in [6.45, 7) is -0.0743. The van der Waals surface area contributed by atoms with Crippen molar-refractivity contribution >= 4 is 17.3 Å². The minimum atomic E-state index is -4.69. The van der Waals surface area contributed by atoms with E-state index in [-0.39, 0.29) is 41.1 Å². The van der Waals surface area contributed by atoms with Crippen LogP contribution in [0, 0.1) is 5.82 Å². The highest BCUT2D eigenvalue weighted by Gasteiger charge is 2.32. The highest BCUT2D eigenvalue weighted by atomic mass is 19.4. The van der Waals surface area contributed by atoms with Crippen molar-refractivity contribution in [1.82, 2.24) is 9.97 Å². The summed E-state index contributed by atoms with van der Waals surface area (Å²) in [5.74, 6) is -0.684. The van der Waals surface area contributed by atoms with Gasteiger partial charge >= 0.3 is 6.18 Å². The number of halogens is 4. The number of hydrogen-bond donors (Lipinski definition) is 2. The van der Waals surface area contributed by atoms with E-state index in [1.54, 1.807) is 0 Å². The van der Waals surface area contributed by atoms with Gasteiger partial charge in [-0.2, -0.15) is 13.2 Å². The Labute approximate surface area is 174 Å². The van der Waals surface area contributed by atoms with E-state index in [4.69, 9.17) is 20.9 Å². The Hall–Kier alpha value is -3.82. The molecule has 2 aromatic carbocycles. The quantitative estimate of drug-likeness (QED) is 0.594. The van der Waals surface area contributed by atoms with Crippen molar-refractivity contribution in [2.45, 2.75) is 12.6 Å². The van der Waals surface area contributed by atoms with Crippen LogP contribution >= 0.6 is 0 Å². The number of nitrogens with two attached hydrogens (primary N) is 2. The standard InChI is InChI=1S/C21H16F4N4O2/c22-14-9-12(21(23,24)25)6-7-13(14)17-16(26)19(27)29-20(28-17)18-15(30-10-31-18)8-11-4-2-1-3-5-11/h1-7,9H,8,10,26H2,(H2,27,28,29). The molecule has 0 fully saturated rings. The lowest BCUT2D eigenvalue weighted by Crippen LogP contribution is -2.09. The molecule has 0 amide bonds. The summed E-state index contributed by atoms with van der Waals surface area (Å²) in [6, 6.07) is 11.5. The highest BCUT2D eigenvalue weighted by Crippen LogP contribution is 2.36. The first-order valence-electron chi connectivity index (χ1n) is 9.07. The maximum absolute atomic E-state index is 14.5. The lowest BCUT2D eigenvalue weighted by Gasteiger charge is -2.13. The largest absolute Gasteiger partial charge is 0.457 e. The van der Waals surface area contributed by atoms with Gasteiger partial charge in [0, 0.05) is 12.0 Å². The predicted octanol–water partition coefficient (Wildman–Crippen LogP) is 4.38. The van der Waals surface area contributed by atoms with Crippen molar-refractivity contribution in [2.24, 2.45) is 0 Å². The minimum absolute atomic E-state index is 0.00979. The zero-order valence-electron chi connectivity index (χ0n) is 15.9. The Kier molecular flexibility index (Phi) is 5.14. The monoisotopic (exact) mass is 432 g/mol. The zero-order valence-corrected chi connectivity index (χ0v) is 15.9. The van der Waals surface area contributed by atoms with Gasteiger partial charge in [-0.3, -0.25) is 0 Å². The summed E-state index contributed by atoms with van der Waals surface area (Å²) < 4.78 is 64.1. The second kappa shape index (κ2) is 7.78. The van der Waals surface area contributed by atoms with Crippen LogP contribution in [0.3, 0.4) is 0 Å². The van der Waals surface area contributed by atoms with Crippen LogP contribution in [0.1, 0.15) is 17.0 Å². The molecule has 160 valence electrons. The first-order valence-corrected chi connectivity index (χ1v) is 9.07. The van der Waals surface area contributed by atoms with Gasteiger partial charge in [-0.1, -0.05) is 30.3 Å². The average Bonchev–Trinajstić information content (AvgIpc) is 3.18. The molecule has 10 heteroatoms. The molecule has 0 spiro atoms. The number of alkyl halides is 3. The minimum Gasteiger partial charge on any atom is -0.457 e. The van der Waals surface area contributed by atoms with Gasteiger partial charge in [0.15, 0.2) is 11.6 Å². The average molecular weight is 432 g/mol. The van der Waals surface area contributed by atoms with E-state index in [1.807, 2.05) is 30.3 Å². The molecule has 6 nitrogen and oxygen atoms in total. The van der Waals surface area contributed by atoms with Crippen LogP contribution in [-0.4, -0.2) is 16.8 Å². The van der Waals surface area contributed by atoms with Gasteiger partial charge in [0.25, 0.3) is 0 Å². The van der Waals surface area contributed by atoms with Gasteiger partial charge in [-0.25, -0.2) is 14.4 Å². The fourth-order valence-corrected chi connectivity index (χ4v) is 3.08. The van der Waals surface area contributed by atoms with Crippen LogP contribution in [0.5, 0.6) is 0 Å². The summed E-state index contributed by atoms with van der Waals surface area (Å²) in [6.07, 6.45) is -4.30. The molecule has 4 rings (SSSR count). The molecule has 31 heavy (non-hydrogen) atoms. The number of ether oxygens (including phenoxy) is 2. The van der Waals surface area contributed by atoms with Crippen molar-refractivity contribution in [3.05, 3.63) is 77.1 Å². The fourth-order valence-electron chi connectivity index (χ4n) is 3.08. The van der Waals surface area contributed by atoms with E-state index in [9.17, 15) is 17.6 Å². The molecular formula is C21H16F4N4O2. The molecule has 0 bridgehead atoms. The van der Waals surface area contributed by atoms with E-state index in [0.717, 1.165) is 17.7 Å². The lowest BCUT2D eigenvalue weighted by atomic mass is 10.1. The van der Waals surface area contributed by atoms with E-state index in [1.165, 1.54) is 0 Å². The third-order valence-corrected chi connectivity index (χ3v) is 4.63. The van der Waals surface area contributed by atoms with Crippen LogP contribution < -0.4 is 11.5 Å². The van der Waals surface area contributed by atoms with Crippen molar-refractivity contribution in [3.8, 4) is 11.3 Å². The molecule has 0 saturated carbocycles. The van der Waals surface area contributed by atoms with Gasteiger partial charge in [0.05, 0.1) is 5.56 Å². The molecule has 0 aliphatic carbocycles. The summed E-state index contributed by atoms with van der Waals surface area (Å²) in [5, 5.41) is 0. The van der Waals surface area contributed by atoms with Gasteiger partial charge < -0.3 is 20.9 Å². The molecule has 1 aliphatic rings. The molecule has 0 radical (unpaired) electrons. The molecule has 0 saturated heterocycles. The highest BCUT2D eigenvalue weighted by molar-refractivity contribution is 5.81. The molecule has 4 N–H and O–H groups in total. The predicted molar refractivity (Wildman–Crippen MR) is 105 cm³/mol. The second-order valence-electron chi connectivity index (χ2n) is 6.71. The van der Waals surface area contributed by atoms with Crippen molar-refractivity contribution in [2.75, 3.05) is 18.3 Å². The normalized spacial score (nSPS) is 13.8. The smallest absolute Gasteiger partial charge is 0.416 e. The lowest BCUT2D eigenvalue weighted by molar-refractivity contribution is -0.137. The Morgan fingerprint density at radius 3 is 2.39 bits per heavy atom. The molecule has 1 aliphatic heterocycles. The Morgan fingerprint density at radius 2 is 1.71 bits per heavy atom. The van der Waals surface area contributed by atoms with Gasteiger partial charge in [-0.15, -0.1) is 0 Å². The van der Waals surface area contributed by atoms with E-state index < -0.39 is 17.6 Å². The number of nitrogens with zero attached hydrogens (tertiary/aromatic N) is 2. The number of aromatic nitrogens is 2. The van der Waals surface area contributed by atoms with Crippen LogP contribution in [0.2, 0.25) is 0 Å². The maximum Gasteiger partial charge on any atom is 0.416 e. The summed E-state index contributed by atoms with van der Waals surface area (Å²) in [5.41, 5.74) is 11.0. The van der Waals surface area contributed by atoms with Gasteiger partial charge in [0.2, 0.25) is 18.4 Å². The van der Waals surface area contributed by atoms with E-state index >= 15 is 0 Å². The SMILES string of the molecule is Nc1nc(C2=C(Cc3ccccc3)OCO2)nc(-c2ccc(C(F)(F)F)cc2F)c1N. The van der Waals surface area contributed by atoms with Crippen molar-refractivity contribution < 1.29 is 27.0 Å². The Bertz CT molecular complexity index is 1160. The van der Waals surface area contributed by atoms with Crippen LogP contribution in [0.25, 0.3) is 17.0 Å². The second-order valence-corrected chi connectivity index (χ2v) is 6.71. The number of anilines is 2. The summed E-state index contributed by atoms with van der Waals surface area (Å²) in [4.78, 5) is 8.33.